The van der Waals surface area contributed by atoms with Crippen LogP contribution in [0.1, 0.15) is 45.7 Å². The van der Waals surface area contributed by atoms with Crippen molar-refractivity contribution in [3.8, 4) is 16.3 Å². The minimum Gasteiger partial charge on any atom is -0.494 e. The Labute approximate surface area is 182 Å². The highest BCUT2D eigenvalue weighted by Crippen LogP contribution is 2.26. The van der Waals surface area contributed by atoms with Gasteiger partial charge < -0.3 is 15.0 Å². The Balaban J connectivity index is 1.46. The Kier molecular flexibility index (Phi) is 7.85. The van der Waals surface area contributed by atoms with Crippen LogP contribution >= 0.6 is 11.3 Å². The average Bonchev–Trinajstić information content (AvgIpc) is 3.17. The zero-order chi connectivity index (χ0) is 21.5. The van der Waals surface area contributed by atoms with Crippen LogP contribution in [0.4, 0.5) is 0 Å². The van der Waals surface area contributed by atoms with Gasteiger partial charge in [-0.1, -0.05) is 13.8 Å². The van der Waals surface area contributed by atoms with E-state index in [0.29, 0.717) is 18.9 Å². The van der Waals surface area contributed by atoms with Crippen LogP contribution in [0.2, 0.25) is 0 Å². The van der Waals surface area contributed by atoms with Crippen molar-refractivity contribution in [1.82, 2.24) is 15.2 Å². The van der Waals surface area contributed by atoms with Gasteiger partial charge in [0, 0.05) is 36.5 Å². The van der Waals surface area contributed by atoms with Gasteiger partial charge >= 0.3 is 0 Å². The van der Waals surface area contributed by atoms with Crippen molar-refractivity contribution in [2.75, 3.05) is 19.7 Å². The maximum absolute atomic E-state index is 12.5. The Bertz CT molecular complexity index is 840. The topological polar surface area (TPSA) is 71.5 Å². The van der Waals surface area contributed by atoms with Crippen molar-refractivity contribution in [2.24, 2.45) is 5.92 Å². The van der Waals surface area contributed by atoms with Crippen LogP contribution in [0.25, 0.3) is 10.6 Å². The van der Waals surface area contributed by atoms with Crippen LogP contribution in [0, 0.1) is 5.92 Å². The first-order valence-electron chi connectivity index (χ1n) is 10.7. The van der Waals surface area contributed by atoms with E-state index in [1.807, 2.05) is 41.5 Å². The van der Waals surface area contributed by atoms with E-state index in [9.17, 15) is 9.59 Å². The molecule has 0 spiro atoms. The lowest BCUT2D eigenvalue weighted by Gasteiger charge is -2.32. The third-order valence-electron chi connectivity index (χ3n) is 5.10. The Morgan fingerprint density at radius 3 is 2.57 bits per heavy atom. The lowest BCUT2D eigenvalue weighted by Crippen LogP contribution is -2.47. The molecule has 0 radical (unpaired) electrons. The fourth-order valence-electron chi connectivity index (χ4n) is 3.58. The van der Waals surface area contributed by atoms with Crippen LogP contribution < -0.4 is 10.1 Å². The van der Waals surface area contributed by atoms with Crippen molar-refractivity contribution in [2.45, 2.75) is 52.5 Å². The number of amides is 2. The molecule has 0 atom stereocenters. The van der Waals surface area contributed by atoms with Crippen molar-refractivity contribution in [3.05, 3.63) is 35.3 Å². The third-order valence-corrected chi connectivity index (χ3v) is 6.04. The SMILES string of the molecule is CCOc1ccc(-c2nc(CC(=O)NC3CCN(C(=O)CC(C)C)CC3)cs2)cc1. The second-order valence-electron chi connectivity index (χ2n) is 8.10. The lowest BCUT2D eigenvalue weighted by molar-refractivity contribution is -0.133. The molecule has 1 aromatic carbocycles. The van der Waals surface area contributed by atoms with Gasteiger partial charge in [0.15, 0.2) is 0 Å². The second-order valence-corrected chi connectivity index (χ2v) is 8.96. The van der Waals surface area contributed by atoms with Gasteiger partial charge in [-0.2, -0.15) is 0 Å². The molecule has 1 aliphatic rings. The number of ether oxygens (including phenoxy) is 1. The molecule has 162 valence electrons. The molecule has 6 nitrogen and oxygen atoms in total. The summed E-state index contributed by atoms with van der Waals surface area (Å²) in [6.07, 6.45) is 2.49. The zero-order valence-electron chi connectivity index (χ0n) is 18.0. The van der Waals surface area contributed by atoms with E-state index in [4.69, 9.17) is 4.74 Å². The van der Waals surface area contributed by atoms with Gasteiger partial charge in [-0.3, -0.25) is 9.59 Å². The molecule has 1 saturated heterocycles. The first kappa shape index (κ1) is 22.3. The molecule has 1 aliphatic heterocycles. The summed E-state index contributed by atoms with van der Waals surface area (Å²) in [6, 6.07) is 7.98. The van der Waals surface area contributed by atoms with Crippen molar-refractivity contribution >= 4 is 23.2 Å². The van der Waals surface area contributed by atoms with Gasteiger partial charge in [-0.15, -0.1) is 11.3 Å². The molecule has 7 heteroatoms. The number of benzene rings is 1. The van der Waals surface area contributed by atoms with Gasteiger partial charge in [0.05, 0.1) is 18.7 Å². The molecule has 3 rings (SSSR count). The number of hydrogen-bond donors (Lipinski definition) is 1. The van der Waals surface area contributed by atoms with Crippen molar-refractivity contribution < 1.29 is 14.3 Å². The summed E-state index contributed by atoms with van der Waals surface area (Å²) in [5.74, 6) is 1.43. The van der Waals surface area contributed by atoms with Crippen LogP contribution in [0.15, 0.2) is 29.6 Å². The number of nitrogens with zero attached hydrogens (tertiary/aromatic N) is 2. The summed E-state index contributed by atoms with van der Waals surface area (Å²) in [5.41, 5.74) is 1.81. The molecular formula is C23H31N3O3S. The van der Waals surface area contributed by atoms with Crippen LogP contribution in [0.3, 0.4) is 0 Å². The lowest BCUT2D eigenvalue weighted by atomic mass is 10.0. The van der Waals surface area contributed by atoms with E-state index in [0.717, 1.165) is 47.9 Å². The van der Waals surface area contributed by atoms with E-state index in [1.54, 1.807) is 11.3 Å². The number of aromatic nitrogens is 1. The standard InChI is InChI=1S/C23H31N3O3S/c1-4-29-20-7-5-17(6-8-20)23-25-19(15-30-23)14-21(27)24-18-9-11-26(12-10-18)22(28)13-16(2)3/h5-8,15-16,18H,4,9-14H2,1-3H3,(H,24,27). The number of thiazole rings is 1. The van der Waals surface area contributed by atoms with Gasteiger partial charge in [0.2, 0.25) is 11.8 Å². The Morgan fingerprint density at radius 1 is 1.23 bits per heavy atom. The molecule has 2 heterocycles. The van der Waals surface area contributed by atoms with E-state index in [2.05, 4.69) is 24.1 Å². The first-order valence-corrected chi connectivity index (χ1v) is 11.6. The zero-order valence-corrected chi connectivity index (χ0v) is 18.8. The maximum atomic E-state index is 12.5. The minimum absolute atomic E-state index is 0.00880. The average molecular weight is 430 g/mol. The van der Waals surface area contributed by atoms with Gasteiger partial charge in [-0.05, 0) is 49.9 Å². The summed E-state index contributed by atoms with van der Waals surface area (Å²) in [6.45, 7) is 8.16. The van der Waals surface area contributed by atoms with E-state index < -0.39 is 0 Å². The first-order chi connectivity index (χ1) is 14.4. The highest BCUT2D eigenvalue weighted by molar-refractivity contribution is 7.13. The van der Waals surface area contributed by atoms with E-state index in [-0.39, 0.29) is 24.3 Å². The van der Waals surface area contributed by atoms with Gasteiger partial charge in [0.25, 0.3) is 0 Å². The van der Waals surface area contributed by atoms with Crippen LogP contribution in [0.5, 0.6) is 5.75 Å². The number of rotatable bonds is 8. The number of carbonyl (C=O) groups is 2. The largest absolute Gasteiger partial charge is 0.494 e. The number of piperidine rings is 1. The van der Waals surface area contributed by atoms with Crippen LogP contribution in [-0.4, -0.2) is 47.4 Å². The molecule has 1 N–H and O–H groups in total. The second kappa shape index (κ2) is 10.6. The number of likely N-dealkylation sites (tertiary alicyclic amines) is 1. The Hall–Kier alpha value is -2.41. The van der Waals surface area contributed by atoms with Gasteiger partial charge in [0.1, 0.15) is 10.8 Å². The molecule has 2 amide bonds. The highest BCUT2D eigenvalue weighted by Gasteiger charge is 2.24. The summed E-state index contributed by atoms with van der Waals surface area (Å²) in [7, 11) is 0. The number of carbonyl (C=O) groups excluding carboxylic acids is 2. The molecule has 1 aromatic heterocycles. The van der Waals surface area contributed by atoms with Crippen molar-refractivity contribution in [3.63, 3.8) is 0 Å². The highest BCUT2D eigenvalue weighted by atomic mass is 32.1. The molecule has 2 aromatic rings. The summed E-state index contributed by atoms with van der Waals surface area (Å²) in [4.78, 5) is 31.2. The maximum Gasteiger partial charge on any atom is 0.226 e. The molecule has 0 aliphatic carbocycles. The van der Waals surface area contributed by atoms with Crippen LogP contribution in [-0.2, 0) is 16.0 Å². The normalized spacial score (nSPS) is 14.7. The molecule has 0 bridgehead atoms. The quantitative estimate of drug-likeness (QED) is 0.691. The monoisotopic (exact) mass is 429 g/mol. The third kappa shape index (κ3) is 6.29. The fraction of sp³-hybridized carbons (Fsp3) is 0.522. The molecular weight excluding hydrogens is 398 g/mol. The number of nitrogens with one attached hydrogen (secondary N) is 1. The number of hydrogen-bond acceptors (Lipinski definition) is 5. The van der Waals surface area contributed by atoms with Gasteiger partial charge in [-0.25, -0.2) is 4.98 Å². The predicted molar refractivity (Wildman–Crippen MR) is 120 cm³/mol. The molecule has 0 saturated carbocycles. The summed E-state index contributed by atoms with van der Waals surface area (Å²) in [5, 5.41) is 5.95. The van der Waals surface area contributed by atoms with Crippen molar-refractivity contribution in [1.29, 1.82) is 0 Å². The smallest absolute Gasteiger partial charge is 0.226 e. The fourth-order valence-corrected chi connectivity index (χ4v) is 4.40. The Morgan fingerprint density at radius 2 is 1.93 bits per heavy atom. The summed E-state index contributed by atoms with van der Waals surface area (Å²) < 4.78 is 5.47. The molecule has 1 fully saturated rings. The predicted octanol–water partition coefficient (Wildman–Crippen LogP) is 3.90. The molecule has 0 unspecified atom stereocenters. The van der Waals surface area contributed by atoms with E-state index in [1.165, 1.54) is 0 Å². The summed E-state index contributed by atoms with van der Waals surface area (Å²) >= 11 is 1.54. The minimum atomic E-state index is -0.00880. The van der Waals surface area contributed by atoms with E-state index >= 15 is 0 Å². The molecule has 30 heavy (non-hydrogen) atoms.